The number of hydrogen-bond donors (Lipinski definition) is 2. The van der Waals surface area contributed by atoms with E-state index in [9.17, 15) is 9.18 Å². The number of thiazole rings is 1. The second kappa shape index (κ2) is 10.0. The lowest BCUT2D eigenvalue weighted by Gasteiger charge is -2.07. The van der Waals surface area contributed by atoms with Gasteiger partial charge in [-0.1, -0.05) is 24.8 Å². The molecule has 0 radical (unpaired) electrons. The van der Waals surface area contributed by atoms with E-state index in [1.54, 1.807) is 35.2 Å². The SMILES string of the molecule is C=C(F)/C(=C\C=C/C)Cn1nc(-c2ncc(NC(=O)c3cscn3)c(N)n2)cc1-c1ncco1. The van der Waals surface area contributed by atoms with Gasteiger partial charge < -0.3 is 15.5 Å². The van der Waals surface area contributed by atoms with E-state index < -0.39 is 11.7 Å². The molecule has 0 aliphatic carbocycles. The van der Waals surface area contributed by atoms with Crippen LogP contribution < -0.4 is 11.1 Å². The summed E-state index contributed by atoms with van der Waals surface area (Å²) >= 11 is 1.30. The molecule has 34 heavy (non-hydrogen) atoms. The third-order valence-electron chi connectivity index (χ3n) is 4.55. The van der Waals surface area contributed by atoms with Crippen molar-refractivity contribution in [3.63, 3.8) is 0 Å². The number of nitrogens with one attached hydrogen (secondary N) is 1. The summed E-state index contributed by atoms with van der Waals surface area (Å²) in [6.07, 6.45) is 9.39. The zero-order chi connectivity index (χ0) is 24.1. The van der Waals surface area contributed by atoms with Gasteiger partial charge in [-0.25, -0.2) is 24.3 Å². The van der Waals surface area contributed by atoms with Gasteiger partial charge in [-0.3, -0.25) is 9.48 Å². The molecule has 1 amide bonds. The number of nitrogens with zero attached hydrogens (tertiary/aromatic N) is 6. The van der Waals surface area contributed by atoms with E-state index in [0.29, 0.717) is 17.0 Å². The average Bonchev–Trinajstić information content (AvgIpc) is 3.59. The highest BCUT2D eigenvalue weighted by Gasteiger charge is 2.19. The lowest BCUT2D eigenvalue weighted by atomic mass is 10.2. The molecule has 0 spiro atoms. The summed E-state index contributed by atoms with van der Waals surface area (Å²) < 4.78 is 21.0. The highest BCUT2D eigenvalue weighted by atomic mass is 32.1. The summed E-state index contributed by atoms with van der Waals surface area (Å²) in [6, 6.07) is 1.66. The highest BCUT2D eigenvalue weighted by molar-refractivity contribution is 7.07. The molecule has 0 fully saturated rings. The van der Waals surface area contributed by atoms with Crippen molar-refractivity contribution in [1.82, 2.24) is 29.7 Å². The van der Waals surface area contributed by atoms with Crippen molar-refractivity contribution < 1.29 is 13.6 Å². The van der Waals surface area contributed by atoms with Gasteiger partial charge in [-0.15, -0.1) is 11.3 Å². The molecule has 4 aromatic heterocycles. The standard InChI is InChI=1S/C22H19FN8O2S/c1-3-4-5-14(13(2)23)10-31-18(22-25-6-7-33-22)8-15(30-31)20-26-9-16(19(24)29-20)28-21(32)17-11-34-12-27-17/h3-9,11-12H,2,10H2,1H3,(H,28,32)(H2,24,26,29)/b4-3-,14-5-. The molecule has 12 heteroatoms. The molecule has 0 aromatic carbocycles. The van der Waals surface area contributed by atoms with Gasteiger partial charge >= 0.3 is 0 Å². The molecule has 0 unspecified atom stereocenters. The zero-order valence-electron chi connectivity index (χ0n) is 18.0. The minimum atomic E-state index is -0.589. The van der Waals surface area contributed by atoms with Crippen LogP contribution in [-0.4, -0.2) is 35.6 Å². The van der Waals surface area contributed by atoms with Crippen LogP contribution in [0.25, 0.3) is 23.1 Å². The topological polar surface area (TPSA) is 138 Å². The predicted octanol–water partition coefficient (Wildman–Crippen LogP) is 4.27. The number of carbonyl (C=O) groups is 1. The Balaban J connectivity index is 1.66. The first-order valence-corrected chi connectivity index (χ1v) is 10.9. The number of nitrogens with two attached hydrogens (primary N) is 1. The third-order valence-corrected chi connectivity index (χ3v) is 5.14. The second-order valence-electron chi connectivity index (χ2n) is 6.85. The van der Waals surface area contributed by atoms with Crippen LogP contribution >= 0.6 is 11.3 Å². The number of carbonyl (C=O) groups excluding carboxylic acids is 1. The van der Waals surface area contributed by atoms with E-state index >= 15 is 0 Å². The van der Waals surface area contributed by atoms with Crippen molar-refractivity contribution in [3.8, 4) is 23.1 Å². The highest BCUT2D eigenvalue weighted by Crippen LogP contribution is 2.27. The van der Waals surface area contributed by atoms with E-state index in [-0.39, 0.29) is 35.5 Å². The van der Waals surface area contributed by atoms with Gasteiger partial charge in [-0.2, -0.15) is 5.10 Å². The monoisotopic (exact) mass is 478 g/mol. The van der Waals surface area contributed by atoms with Crippen molar-refractivity contribution in [1.29, 1.82) is 0 Å². The maximum atomic E-state index is 14.0. The average molecular weight is 479 g/mol. The van der Waals surface area contributed by atoms with Crippen LogP contribution in [0.15, 0.2) is 76.2 Å². The van der Waals surface area contributed by atoms with Gasteiger partial charge in [0.2, 0.25) is 5.89 Å². The van der Waals surface area contributed by atoms with Gasteiger partial charge in [0.1, 0.15) is 34.9 Å². The van der Waals surface area contributed by atoms with Crippen molar-refractivity contribution in [2.24, 2.45) is 0 Å². The Hall–Kier alpha value is -4.45. The van der Waals surface area contributed by atoms with Crippen LogP contribution in [0.1, 0.15) is 17.4 Å². The number of oxazole rings is 1. The van der Waals surface area contributed by atoms with Gasteiger partial charge in [-0.05, 0) is 6.92 Å². The third kappa shape index (κ3) is 4.96. The molecule has 0 atom stereocenters. The molecule has 4 aromatic rings. The molecule has 0 aliphatic heterocycles. The largest absolute Gasteiger partial charge is 0.443 e. The molecule has 4 rings (SSSR count). The smallest absolute Gasteiger partial charge is 0.275 e. The van der Waals surface area contributed by atoms with Crippen molar-refractivity contribution in [3.05, 3.63) is 77.5 Å². The fraction of sp³-hybridized carbons (Fsp3) is 0.0909. The lowest BCUT2D eigenvalue weighted by Crippen LogP contribution is -2.14. The first-order chi connectivity index (χ1) is 16.5. The van der Waals surface area contributed by atoms with Crippen LogP contribution in [0.2, 0.25) is 0 Å². The number of allylic oxidation sites excluding steroid dienone is 5. The second-order valence-corrected chi connectivity index (χ2v) is 7.57. The van der Waals surface area contributed by atoms with E-state index in [1.807, 2.05) is 6.92 Å². The number of anilines is 2. The predicted molar refractivity (Wildman–Crippen MR) is 126 cm³/mol. The summed E-state index contributed by atoms with van der Waals surface area (Å²) in [5.74, 6) is -0.477. The molecule has 3 N–H and O–H groups in total. The van der Waals surface area contributed by atoms with Crippen LogP contribution in [0.3, 0.4) is 0 Å². The van der Waals surface area contributed by atoms with Gasteiger partial charge in [0.05, 0.1) is 24.4 Å². The first kappa shape index (κ1) is 22.7. The van der Waals surface area contributed by atoms with Crippen LogP contribution in [0.4, 0.5) is 15.9 Å². The first-order valence-electron chi connectivity index (χ1n) is 9.93. The van der Waals surface area contributed by atoms with Gasteiger partial charge in [0.15, 0.2) is 11.6 Å². The Bertz CT molecular complexity index is 1370. The fourth-order valence-electron chi connectivity index (χ4n) is 2.90. The maximum Gasteiger partial charge on any atom is 0.275 e. The Morgan fingerprint density at radius 3 is 2.88 bits per heavy atom. The molecule has 172 valence electrons. The zero-order valence-corrected chi connectivity index (χ0v) is 18.8. The normalized spacial score (nSPS) is 11.8. The summed E-state index contributed by atoms with van der Waals surface area (Å²) in [5.41, 5.74) is 9.26. The molecule has 0 bridgehead atoms. The molecule has 0 saturated carbocycles. The Labute approximate surface area is 197 Å². The summed E-state index contributed by atoms with van der Waals surface area (Å²) in [5, 5.41) is 8.75. The fourth-order valence-corrected chi connectivity index (χ4v) is 3.43. The molecular weight excluding hydrogens is 459 g/mol. The summed E-state index contributed by atoms with van der Waals surface area (Å²) in [4.78, 5) is 28.9. The lowest BCUT2D eigenvalue weighted by molar-refractivity contribution is 0.102. The van der Waals surface area contributed by atoms with Crippen LogP contribution in [0, 0.1) is 0 Å². The molecule has 4 heterocycles. The van der Waals surface area contributed by atoms with Crippen molar-refractivity contribution in [2.75, 3.05) is 11.1 Å². The Kier molecular flexibility index (Phi) is 6.69. The molecule has 0 saturated heterocycles. The van der Waals surface area contributed by atoms with Crippen molar-refractivity contribution in [2.45, 2.75) is 13.5 Å². The summed E-state index contributed by atoms with van der Waals surface area (Å²) in [7, 11) is 0. The quantitative estimate of drug-likeness (QED) is 0.358. The van der Waals surface area contributed by atoms with Crippen molar-refractivity contribution >= 4 is 28.7 Å². The van der Waals surface area contributed by atoms with Gasteiger partial charge in [0, 0.05) is 17.0 Å². The van der Waals surface area contributed by atoms with Gasteiger partial charge in [0.25, 0.3) is 5.91 Å². The number of rotatable bonds is 8. The minimum absolute atomic E-state index is 0.0478. The number of aromatic nitrogens is 6. The number of hydrogen-bond acceptors (Lipinski definition) is 9. The summed E-state index contributed by atoms with van der Waals surface area (Å²) in [6.45, 7) is 5.28. The van der Waals surface area contributed by atoms with Crippen LogP contribution in [-0.2, 0) is 6.54 Å². The number of halogens is 1. The minimum Gasteiger partial charge on any atom is -0.443 e. The van der Waals surface area contributed by atoms with E-state index in [1.165, 1.54) is 34.7 Å². The van der Waals surface area contributed by atoms with E-state index in [4.69, 9.17) is 10.2 Å². The maximum absolute atomic E-state index is 14.0. The number of nitrogen functional groups attached to an aromatic ring is 1. The Morgan fingerprint density at radius 2 is 2.24 bits per heavy atom. The molecule has 0 aliphatic rings. The van der Waals surface area contributed by atoms with E-state index in [2.05, 4.69) is 36.9 Å². The molecular formula is C22H19FN8O2S. The Morgan fingerprint density at radius 1 is 1.38 bits per heavy atom. The van der Waals surface area contributed by atoms with Crippen LogP contribution in [0.5, 0.6) is 0 Å². The molecule has 10 nitrogen and oxygen atoms in total. The number of amides is 1. The van der Waals surface area contributed by atoms with E-state index in [0.717, 1.165) is 0 Å².